The maximum absolute atomic E-state index is 12.8. The highest BCUT2D eigenvalue weighted by atomic mass is 35.5. The van der Waals surface area contributed by atoms with Crippen molar-refractivity contribution in [3.8, 4) is 0 Å². The summed E-state index contributed by atoms with van der Waals surface area (Å²) in [6, 6.07) is 16.6. The van der Waals surface area contributed by atoms with Crippen LogP contribution in [-0.2, 0) is 16.8 Å². The van der Waals surface area contributed by atoms with Gasteiger partial charge in [0.25, 0.3) is 0 Å². The zero-order valence-corrected chi connectivity index (χ0v) is 19.0. The number of amides is 1. The Morgan fingerprint density at radius 2 is 1.97 bits per heavy atom. The van der Waals surface area contributed by atoms with Gasteiger partial charge in [-0.15, -0.1) is 0 Å². The summed E-state index contributed by atoms with van der Waals surface area (Å²) in [6.07, 6.45) is 5.05. The van der Waals surface area contributed by atoms with Crippen molar-refractivity contribution in [2.24, 2.45) is 0 Å². The number of rotatable bonds is 7. The normalized spacial score (nSPS) is 18.7. The number of anilines is 1. The van der Waals surface area contributed by atoms with Gasteiger partial charge >= 0.3 is 0 Å². The van der Waals surface area contributed by atoms with E-state index in [2.05, 4.69) is 10.3 Å². The van der Waals surface area contributed by atoms with Crippen LogP contribution >= 0.6 is 23.2 Å². The van der Waals surface area contributed by atoms with Gasteiger partial charge in [0.1, 0.15) is 5.82 Å². The summed E-state index contributed by atoms with van der Waals surface area (Å²) in [6.45, 7) is 1.62. The van der Waals surface area contributed by atoms with Crippen molar-refractivity contribution in [1.29, 1.82) is 0 Å². The molecule has 0 radical (unpaired) electrons. The number of piperidine rings is 1. The molecule has 0 aliphatic carbocycles. The van der Waals surface area contributed by atoms with Crippen LogP contribution in [-0.4, -0.2) is 24.0 Å². The lowest BCUT2D eigenvalue weighted by atomic mass is 9.71. The van der Waals surface area contributed by atoms with E-state index in [0.29, 0.717) is 54.0 Å². The maximum atomic E-state index is 12.8. The number of nitrogens with one attached hydrogen (secondary N) is 1. The molecule has 166 valence electrons. The first kappa shape index (κ1) is 22.5. The minimum Gasteiger partial charge on any atom is -0.618 e. The third-order valence-electron chi connectivity index (χ3n) is 6.03. The van der Waals surface area contributed by atoms with Crippen LogP contribution in [0.1, 0.15) is 30.5 Å². The zero-order valence-electron chi connectivity index (χ0n) is 17.5. The van der Waals surface area contributed by atoms with Crippen molar-refractivity contribution in [3.63, 3.8) is 0 Å². The van der Waals surface area contributed by atoms with Crippen LogP contribution in [0.15, 0.2) is 67.0 Å². The van der Waals surface area contributed by atoms with Crippen LogP contribution in [0.5, 0.6) is 0 Å². The van der Waals surface area contributed by atoms with E-state index in [1.807, 2.05) is 36.4 Å². The Hall–Kier alpha value is -2.67. The monoisotopic (exact) mass is 470 g/mol. The fourth-order valence-corrected chi connectivity index (χ4v) is 4.53. The average molecular weight is 471 g/mol. The molecule has 0 bridgehead atoms. The number of nitrogens with zero attached hydrogens (tertiary/aromatic N) is 3. The number of carbonyl (C=O) groups is 1. The van der Waals surface area contributed by atoms with Gasteiger partial charge in [-0.1, -0.05) is 35.3 Å². The summed E-state index contributed by atoms with van der Waals surface area (Å²) in [5.41, 5.74) is 1.38. The molecule has 3 aromatic rings. The second-order valence-corrected chi connectivity index (χ2v) is 8.84. The number of hydrogen-bond acceptors (Lipinski definition) is 4. The van der Waals surface area contributed by atoms with E-state index in [-0.39, 0.29) is 11.3 Å². The molecule has 1 N–H and O–H groups in total. The first-order valence-electron chi connectivity index (χ1n) is 10.5. The molecule has 0 saturated carbocycles. The SMILES string of the molecule is O=C1CC[C@](CCNCc2cccc[n+]2[O-])(c2ccc(Cl)c(Cl)c2)CN1c1ccccn1. The average Bonchev–Trinajstić information content (AvgIpc) is 2.81. The number of benzene rings is 1. The van der Waals surface area contributed by atoms with Crippen LogP contribution in [0.4, 0.5) is 5.82 Å². The van der Waals surface area contributed by atoms with Gasteiger partial charge in [0.15, 0.2) is 6.20 Å². The summed E-state index contributed by atoms with van der Waals surface area (Å²) >= 11 is 12.5. The molecule has 1 aliphatic rings. The molecule has 1 aliphatic heterocycles. The van der Waals surface area contributed by atoms with E-state index < -0.39 is 0 Å². The molecule has 6 nitrogen and oxygen atoms in total. The topological polar surface area (TPSA) is 72.2 Å². The van der Waals surface area contributed by atoms with Gasteiger partial charge in [-0.2, -0.15) is 4.73 Å². The summed E-state index contributed by atoms with van der Waals surface area (Å²) < 4.78 is 0.865. The maximum Gasteiger partial charge on any atom is 0.228 e. The lowest BCUT2D eigenvalue weighted by molar-refractivity contribution is -0.614. The Bertz CT molecular complexity index is 1100. The smallest absolute Gasteiger partial charge is 0.228 e. The van der Waals surface area contributed by atoms with E-state index >= 15 is 0 Å². The van der Waals surface area contributed by atoms with E-state index in [1.165, 1.54) is 6.20 Å². The molecule has 8 heteroatoms. The zero-order chi connectivity index (χ0) is 22.6. The summed E-state index contributed by atoms with van der Waals surface area (Å²) in [5, 5.41) is 16.3. The fourth-order valence-electron chi connectivity index (χ4n) is 4.23. The van der Waals surface area contributed by atoms with Gasteiger partial charge in [0, 0.05) is 36.7 Å². The van der Waals surface area contributed by atoms with E-state index in [0.717, 1.165) is 16.7 Å². The second-order valence-electron chi connectivity index (χ2n) is 8.02. The summed E-state index contributed by atoms with van der Waals surface area (Å²) in [5.74, 6) is 0.704. The Morgan fingerprint density at radius 3 is 2.72 bits per heavy atom. The largest absolute Gasteiger partial charge is 0.618 e. The number of halogens is 2. The van der Waals surface area contributed by atoms with Crippen molar-refractivity contribution < 1.29 is 9.52 Å². The molecule has 1 atom stereocenters. The molecule has 1 saturated heterocycles. The Labute approximate surface area is 197 Å². The van der Waals surface area contributed by atoms with Crippen molar-refractivity contribution in [3.05, 3.63) is 93.5 Å². The Morgan fingerprint density at radius 1 is 1.12 bits per heavy atom. The molecule has 4 rings (SSSR count). The predicted molar refractivity (Wildman–Crippen MR) is 126 cm³/mol. The van der Waals surface area contributed by atoms with Crippen LogP contribution in [0.3, 0.4) is 0 Å². The summed E-state index contributed by atoms with van der Waals surface area (Å²) in [4.78, 5) is 18.9. The molecule has 1 amide bonds. The van der Waals surface area contributed by atoms with Gasteiger partial charge in [-0.05, 0) is 55.3 Å². The minimum absolute atomic E-state index is 0.0593. The number of hydrogen-bond donors (Lipinski definition) is 1. The lowest BCUT2D eigenvalue weighted by Gasteiger charge is -2.43. The number of carbonyl (C=O) groups excluding carboxylic acids is 1. The lowest BCUT2D eigenvalue weighted by Crippen LogP contribution is -2.50. The van der Waals surface area contributed by atoms with Crippen molar-refractivity contribution in [2.45, 2.75) is 31.2 Å². The van der Waals surface area contributed by atoms with E-state index in [4.69, 9.17) is 23.2 Å². The van der Waals surface area contributed by atoms with Gasteiger partial charge in [-0.25, -0.2) is 4.98 Å². The number of aromatic nitrogens is 2. The van der Waals surface area contributed by atoms with Crippen LogP contribution in [0, 0.1) is 5.21 Å². The number of pyridine rings is 2. The van der Waals surface area contributed by atoms with Crippen LogP contribution in [0.2, 0.25) is 10.0 Å². The van der Waals surface area contributed by atoms with Crippen LogP contribution in [0.25, 0.3) is 0 Å². The quantitative estimate of drug-likeness (QED) is 0.318. The van der Waals surface area contributed by atoms with Gasteiger partial charge < -0.3 is 10.5 Å². The molecule has 2 aromatic heterocycles. The van der Waals surface area contributed by atoms with Crippen molar-refractivity contribution in [1.82, 2.24) is 10.3 Å². The molecular weight excluding hydrogens is 447 g/mol. The van der Waals surface area contributed by atoms with Gasteiger partial charge in [0.05, 0.1) is 16.6 Å². The van der Waals surface area contributed by atoms with Crippen molar-refractivity contribution >= 4 is 34.9 Å². The van der Waals surface area contributed by atoms with E-state index in [9.17, 15) is 10.0 Å². The molecule has 3 heterocycles. The molecule has 1 fully saturated rings. The molecular formula is C24H24Cl2N4O2. The first-order valence-corrected chi connectivity index (χ1v) is 11.3. The Balaban J connectivity index is 1.57. The standard InChI is InChI=1S/C24H24Cl2N4O2/c25-20-8-7-18(15-21(20)26)24(11-13-27-16-19-5-2-4-14-30(19)32)10-9-23(31)29(17-24)22-6-1-3-12-28-22/h1-8,12,14-15,27H,9-11,13,16-17H2/t24-/m1/s1. The highest BCUT2D eigenvalue weighted by Crippen LogP contribution is 2.40. The van der Waals surface area contributed by atoms with Crippen molar-refractivity contribution in [2.75, 3.05) is 18.0 Å². The highest BCUT2D eigenvalue weighted by molar-refractivity contribution is 6.42. The molecule has 32 heavy (non-hydrogen) atoms. The third-order valence-corrected chi connectivity index (χ3v) is 6.77. The first-order chi connectivity index (χ1) is 15.5. The van der Waals surface area contributed by atoms with Crippen LogP contribution < -0.4 is 14.9 Å². The third kappa shape index (κ3) is 4.88. The summed E-state index contributed by atoms with van der Waals surface area (Å²) in [7, 11) is 0. The molecule has 0 unspecified atom stereocenters. The molecule has 1 aromatic carbocycles. The Kier molecular flexibility index (Phi) is 6.94. The highest BCUT2D eigenvalue weighted by Gasteiger charge is 2.41. The second kappa shape index (κ2) is 9.86. The van der Waals surface area contributed by atoms with Gasteiger partial charge in [0.2, 0.25) is 11.6 Å². The molecule has 0 spiro atoms. The minimum atomic E-state index is -0.323. The van der Waals surface area contributed by atoms with E-state index in [1.54, 1.807) is 29.3 Å². The fraction of sp³-hybridized carbons (Fsp3) is 0.292. The predicted octanol–water partition coefficient (Wildman–Crippen LogP) is 4.27. The van der Waals surface area contributed by atoms with Gasteiger partial charge in [-0.3, -0.25) is 9.69 Å².